The van der Waals surface area contributed by atoms with Crippen LogP contribution in [-0.2, 0) is 13.2 Å². The van der Waals surface area contributed by atoms with Gasteiger partial charge in [-0.15, -0.1) is 0 Å². The third kappa shape index (κ3) is 4.99. The van der Waals surface area contributed by atoms with E-state index in [1.165, 1.54) is 43.4 Å². The average molecular weight is 421 g/mol. The van der Waals surface area contributed by atoms with Gasteiger partial charge >= 0.3 is 0 Å². The number of ether oxygens (including phenoxy) is 2. The lowest BCUT2D eigenvalue weighted by Gasteiger charge is -2.12. The minimum Gasteiger partial charge on any atom is -0.494 e. The number of aliphatic hydroxyl groups excluding tert-OH is 2. The quantitative estimate of drug-likeness (QED) is 0.480. The lowest BCUT2D eigenvalue weighted by molar-refractivity contribution is 0.0783. The van der Waals surface area contributed by atoms with Crippen LogP contribution in [0.25, 0.3) is 0 Å². The van der Waals surface area contributed by atoms with E-state index in [0.29, 0.717) is 11.5 Å². The van der Waals surface area contributed by atoms with Crippen LogP contribution in [-0.4, -0.2) is 49.8 Å². The van der Waals surface area contributed by atoms with Gasteiger partial charge in [0.2, 0.25) is 5.88 Å². The maximum atomic E-state index is 14.3. The number of halogens is 2. The first-order valence-electron chi connectivity index (χ1n) is 8.96. The molecule has 0 fully saturated rings. The van der Waals surface area contributed by atoms with Gasteiger partial charge in [0.25, 0.3) is 0 Å². The van der Waals surface area contributed by atoms with Crippen LogP contribution in [0.4, 0.5) is 20.3 Å². The highest BCUT2D eigenvalue weighted by Gasteiger charge is 2.18. The van der Waals surface area contributed by atoms with E-state index in [-0.39, 0.29) is 42.5 Å². The Labute approximate surface area is 170 Å². The molecule has 0 saturated heterocycles. The number of hydrogen-bond acceptors (Lipinski definition) is 8. The molecule has 0 saturated carbocycles. The number of benzene rings is 1. The Morgan fingerprint density at radius 3 is 2.67 bits per heavy atom. The van der Waals surface area contributed by atoms with Gasteiger partial charge in [0.1, 0.15) is 18.2 Å². The van der Waals surface area contributed by atoms with Crippen LogP contribution in [0.3, 0.4) is 0 Å². The third-order valence-electron chi connectivity index (χ3n) is 4.17. The molecule has 1 aromatic carbocycles. The predicted octanol–water partition coefficient (Wildman–Crippen LogP) is 1.94. The number of aromatic nitrogens is 4. The molecular formula is C19H21F2N5O4. The van der Waals surface area contributed by atoms with Crippen molar-refractivity contribution >= 4 is 11.5 Å². The fourth-order valence-corrected chi connectivity index (χ4v) is 2.63. The molecule has 0 amide bonds. The first-order valence-corrected chi connectivity index (χ1v) is 8.96. The van der Waals surface area contributed by atoms with Crippen LogP contribution >= 0.6 is 0 Å². The smallest absolute Gasteiger partial charge is 0.232 e. The SMILES string of the molecule is COc1cc(C)c(F)c(COc2cnc(Nc3cnn(C[C@@H](O)CO)c3)cn2)c1F. The molecule has 2 heterocycles. The Hall–Kier alpha value is -3.31. The lowest BCUT2D eigenvalue weighted by atomic mass is 10.1. The van der Waals surface area contributed by atoms with E-state index in [1.807, 2.05) is 0 Å². The summed E-state index contributed by atoms with van der Waals surface area (Å²) in [5, 5.41) is 25.3. The highest BCUT2D eigenvalue weighted by Crippen LogP contribution is 2.27. The van der Waals surface area contributed by atoms with Gasteiger partial charge in [0, 0.05) is 6.20 Å². The van der Waals surface area contributed by atoms with Gasteiger partial charge in [-0.05, 0) is 18.6 Å². The van der Waals surface area contributed by atoms with E-state index >= 15 is 0 Å². The summed E-state index contributed by atoms with van der Waals surface area (Å²) in [5.41, 5.74) is 0.581. The zero-order valence-electron chi connectivity index (χ0n) is 16.3. The molecule has 0 aliphatic heterocycles. The summed E-state index contributed by atoms with van der Waals surface area (Å²) in [7, 11) is 1.30. The Bertz CT molecular complexity index is 997. The number of nitrogens with one attached hydrogen (secondary N) is 1. The van der Waals surface area contributed by atoms with Crippen molar-refractivity contribution in [3.05, 3.63) is 53.6 Å². The van der Waals surface area contributed by atoms with Crippen molar-refractivity contribution in [2.45, 2.75) is 26.2 Å². The van der Waals surface area contributed by atoms with Gasteiger partial charge in [0.15, 0.2) is 11.6 Å². The van der Waals surface area contributed by atoms with E-state index in [9.17, 15) is 13.9 Å². The summed E-state index contributed by atoms with van der Waals surface area (Å²) in [6, 6.07) is 1.28. The number of rotatable bonds is 9. The van der Waals surface area contributed by atoms with Crippen molar-refractivity contribution in [2.24, 2.45) is 0 Å². The van der Waals surface area contributed by atoms with Crippen molar-refractivity contribution in [1.82, 2.24) is 19.7 Å². The van der Waals surface area contributed by atoms with E-state index in [4.69, 9.17) is 14.6 Å². The first-order chi connectivity index (χ1) is 14.4. The van der Waals surface area contributed by atoms with Gasteiger partial charge < -0.3 is 25.0 Å². The first kappa shape index (κ1) is 21.4. The summed E-state index contributed by atoms with van der Waals surface area (Å²) in [6.45, 7) is 0.914. The van der Waals surface area contributed by atoms with Crippen LogP contribution in [0.1, 0.15) is 11.1 Å². The van der Waals surface area contributed by atoms with Crippen LogP contribution in [0.2, 0.25) is 0 Å². The molecular weight excluding hydrogens is 400 g/mol. The zero-order valence-corrected chi connectivity index (χ0v) is 16.3. The normalized spacial score (nSPS) is 11.9. The second-order valence-corrected chi connectivity index (χ2v) is 6.44. The molecule has 3 aromatic rings. The molecule has 0 radical (unpaired) electrons. The largest absolute Gasteiger partial charge is 0.494 e. The molecule has 1 atom stereocenters. The minimum atomic E-state index is -0.906. The molecule has 3 N–H and O–H groups in total. The van der Waals surface area contributed by atoms with E-state index in [0.717, 1.165) is 0 Å². The molecule has 0 unspecified atom stereocenters. The zero-order chi connectivity index (χ0) is 21.7. The average Bonchev–Trinajstić information content (AvgIpc) is 3.18. The Kier molecular flexibility index (Phi) is 6.75. The number of methoxy groups -OCH3 is 1. The Balaban J connectivity index is 1.63. The van der Waals surface area contributed by atoms with Crippen LogP contribution < -0.4 is 14.8 Å². The number of aliphatic hydroxyl groups is 2. The fourth-order valence-electron chi connectivity index (χ4n) is 2.63. The van der Waals surface area contributed by atoms with Gasteiger partial charge in [0.05, 0.1) is 56.2 Å². The maximum absolute atomic E-state index is 14.3. The summed E-state index contributed by atoms with van der Waals surface area (Å²) in [5.74, 6) is -1.12. The molecule has 3 rings (SSSR count). The van der Waals surface area contributed by atoms with E-state index in [2.05, 4.69) is 20.4 Å². The predicted molar refractivity (Wildman–Crippen MR) is 103 cm³/mol. The van der Waals surface area contributed by atoms with Crippen molar-refractivity contribution in [3.63, 3.8) is 0 Å². The molecule has 0 spiro atoms. The van der Waals surface area contributed by atoms with Gasteiger partial charge in [-0.25, -0.2) is 18.7 Å². The molecule has 0 bridgehead atoms. The molecule has 30 heavy (non-hydrogen) atoms. The Morgan fingerprint density at radius 1 is 1.20 bits per heavy atom. The Morgan fingerprint density at radius 2 is 2.00 bits per heavy atom. The minimum absolute atomic E-state index is 0.0646. The summed E-state index contributed by atoms with van der Waals surface area (Å²) >= 11 is 0. The standard InChI is InChI=1S/C19H21F2N5O4/c1-11-3-15(29-2)19(21)14(18(11)20)10-30-17-6-22-16(5-23-17)25-12-4-24-26(7-12)8-13(28)9-27/h3-7,13,27-28H,8-10H2,1-2H3,(H,22,25)/t13-/m1/s1. The molecule has 9 nitrogen and oxygen atoms in total. The number of hydrogen-bond donors (Lipinski definition) is 3. The highest BCUT2D eigenvalue weighted by molar-refractivity contribution is 5.52. The lowest BCUT2D eigenvalue weighted by Crippen LogP contribution is -2.19. The summed E-state index contributed by atoms with van der Waals surface area (Å²) in [4.78, 5) is 8.19. The maximum Gasteiger partial charge on any atom is 0.232 e. The van der Waals surface area contributed by atoms with Crippen molar-refractivity contribution in [1.29, 1.82) is 0 Å². The van der Waals surface area contributed by atoms with Crippen molar-refractivity contribution in [3.8, 4) is 11.6 Å². The number of aryl methyl sites for hydroxylation is 1. The van der Waals surface area contributed by atoms with Crippen LogP contribution in [0.5, 0.6) is 11.6 Å². The van der Waals surface area contributed by atoms with Crippen molar-refractivity contribution in [2.75, 3.05) is 19.0 Å². The molecule has 0 aliphatic carbocycles. The summed E-state index contributed by atoms with van der Waals surface area (Å²) < 4.78 is 40.3. The monoisotopic (exact) mass is 421 g/mol. The number of anilines is 2. The molecule has 160 valence electrons. The van der Waals surface area contributed by atoms with Crippen LogP contribution in [0, 0.1) is 18.6 Å². The highest BCUT2D eigenvalue weighted by atomic mass is 19.1. The third-order valence-corrected chi connectivity index (χ3v) is 4.17. The molecule has 0 aliphatic rings. The van der Waals surface area contributed by atoms with Gasteiger partial charge in [-0.1, -0.05) is 0 Å². The summed E-state index contributed by atoms with van der Waals surface area (Å²) in [6.07, 6.45) is 4.94. The molecule has 11 heteroatoms. The van der Waals surface area contributed by atoms with Gasteiger partial charge in [-0.2, -0.15) is 5.10 Å². The topological polar surface area (TPSA) is 115 Å². The van der Waals surface area contributed by atoms with Gasteiger partial charge in [-0.3, -0.25) is 4.68 Å². The van der Waals surface area contributed by atoms with E-state index < -0.39 is 17.7 Å². The van der Waals surface area contributed by atoms with Crippen LogP contribution in [0.15, 0.2) is 30.9 Å². The second kappa shape index (κ2) is 9.46. The van der Waals surface area contributed by atoms with Crippen molar-refractivity contribution < 1.29 is 28.5 Å². The second-order valence-electron chi connectivity index (χ2n) is 6.44. The fraction of sp³-hybridized carbons (Fsp3) is 0.316. The molecule has 2 aromatic heterocycles. The number of nitrogens with zero attached hydrogens (tertiary/aromatic N) is 4. The van der Waals surface area contributed by atoms with E-state index in [1.54, 1.807) is 6.20 Å².